The highest BCUT2D eigenvalue weighted by atomic mass is 35.5. The first kappa shape index (κ1) is 21.4. The molecule has 0 aromatic heterocycles. The van der Waals surface area contributed by atoms with E-state index in [4.69, 9.17) is 21.1 Å². The Morgan fingerprint density at radius 3 is 2.58 bits per heavy atom. The van der Waals surface area contributed by atoms with Crippen LogP contribution in [-0.2, 0) is 11.3 Å². The average molecular weight is 458 g/mol. The highest BCUT2D eigenvalue weighted by molar-refractivity contribution is 6.30. The summed E-state index contributed by atoms with van der Waals surface area (Å²) in [5, 5.41) is 2.93. The van der Waals surface area contributed by atoms with Crippen LogP contribution < -0.4 is 14.4 Å². The Labute approximate surface area is 198 Å². The topological polar surface area (TPSA) is 38.8 Å². The van der Waals surface area contributed by atoms with Gasteiger partial charge >= 0.3 is 0 Å². The number of benzene rings is 4. The Kier molecular flexibility index (Phi) is 5.69. The van der Waals surface area contributed by atoms with Gasteiger partial charge in [0.2, 0.25) is 5.91 Å². The van der Waals surface area contributed by atoms with E-state index in [0.717, 1.165) is 44.6 Å². The van der Waals surface area contributed by atoms with Crippen LogP contribution in [0.5, 0.6) is 11.5 Å². The maximum absolute atomic E-state index is 13.5. The number of ether oxygens (including phenoxy) is 2. The Morgan fingerprint density at radius 1 is 0.939 bits per heavy atom. The maximum Gasteiger partial charge on any atom is 0.228 e. The first-order valence-electron chi connectivity index (χ1n) is 10.9. The zero-order chi connectivity index (χ0) is 22.9. The quantitative estimate of drug-likeness (QED) is 0.340. The molecular formula is C28H24ClNO3. The number of fused-ring (bicyclic) bond motifs is 3. The average Bonchev–Trinajstić information content (AvgIpc) is 2.84. The van der Waals surface area contributed by atoms with E-state index in [9.17, 15) is 4.79 Å². The van der Waals surface area contributed by atoms with Crippen LogP contribution in [0.1, 0.15) is 29.0 Å². The van der Waals surface area contributed by atoms with Crippen molar-refractivity contribution in [2.45, 2.75) is 18.9 Å². The van der Waals surface area contributed by atoms with Gasteiger partial charge in [-0.05, 0) is 58.3 Å². The highest BCUT2D eigenvalue weighted by Crippen LogP contribution is 2.47. The van der Waals surface area contributed by atoms with E-state index >= 15 is 0 Å². The molecule has 1 unspecified atom stereocenters. The molecule has 5 rings (SSSR count). The lowest BCUT2D eigenvalue weighted by molar-refractivity contribution is -0.119. The molecule has 0 fully saturated rings. The third kappa shape index (κ3) is 3.91. The first-order chi connectivity index (χ1) is 16.1. The van der Waals surface area contributed by atoms with E-state index in [0.29, 0.717) is 18.0 Å². The van der Waals surface area contributed by atoms with Crippen LogP contribution in [-0.4, -0.2) is 20.1 Å². The minimum Gasteiger partial charge on any atom is -0.497 e. The number of amides is 1. The predicted octanol–water partition coefficient (Wildman–Crippen LogP) is 6.58. The number of halogens is 1. The van der Waals surface area contributed by atoms with Crippen molar-refractivity contribution < 1.29 is 14.3 Å². The van der Waals surface area contributed by atoms with E-state index in [1.807, 2.05) is 59.5 Å². The maximum atomic E-state index is 13.5. The van der Waals surface area contributed by atoms with Crippen molar-refractivity contribution in [3.05, 3.63) is 101 Å². The summed E-state index contributed by atoms with van der Waals surface area (Å²) in [5.74, 6) is 1.39. The van der Waals surface area contributed by atoms with Gasteiger partial charge in [0, 0.05) is 28.6 Å². The molecule has 1 heterocycles. The zero-order valence-electron chi connectivity index (χ0n) is 18.5. The predicted molar refractivity (Wildman–Crippen MR) is 133 cm³/mol. The summed E-state index contributed by atoms with van der Waals surface area (Å²) in [6.45, 7) is 0.465. The lowest BCUT2D eigenvalue weighted by Gasteiger charge is -2.36. The molecule has 1 atom stereocenters. The van der Waals surface area contributed by atoms with Crippen molar-refractivity contribution in [1.29, 1.82) is 0 Å². The van der Waals surface area contributed by atoms with Gasteiger partial charge in [0.1, 0.15) is 11.5 Å². The minimum absolute atomic E-state index is 0.0626. The van der Waals surface area contributed by atoms with Crippen molar-refractivity contribution in [3.63, 3.8) is 0 Å². The fourth-order valence-electron chi connectivity index (χ4n) is 4.78. The summed E-state index contributed by atoms with van der Waals surface area (Å²) in [6.07, 6.45) is 0.338. The van der Waals surface area contributed by atoms with Crippen molar-refractivity contribution in [3.8, 4) is 11.5 Å². The van der Waals surface area contributed by atoms with E-state index in [2.05, 4.69) is 24.3 Å². The number of anilines is 1. The molecule has 1 aliphatic rings. The number of hydrogen-bond acceptors (Lipinski definition) is 3. The van der Waals surface area contributed by atoms with Gasteiger partial charge in [-0.2, -0.15) is 0 Å². The molecule has 166 valence electrons. The monoisotopic (exact) mass is 457 g/mol. The zero-order valence-corrected chi connectivity index (χ0v) is 19.3. The molecule has 33 heavy (non-hydrogen) atoms. The van der Waals surface area contributed by atoms with E-state index in [1.54, 1.807) is 14.2 Å². The molecule has 1 amide bonds. The smallest absolute Gasteiger partial charge is 0.228 e. The molecule has 5 heteroatoms. The van der Waals surface area contributed by atoms with Crippen LogP contribution >= 0.6 is 11.6 Å². The van der Waals surface area contributed by atoms with Crippen molar-refractivity contribution in [2.75, 3.05) is 19.1 Å². The first-order valence-corrected chi connectivity index (χ1v) is 11.2. The SMILES string of the molecule is COc1ccc(OC)c(C2CC(=O)N(Cc3cccc(Cl)c3)c3ccc4ccccc4c32)c1. The van der Waals surface area contributed by atoms with Crippen LogP contribution in [0.15, 0.2) is 78.9 Å². The molecule has 4 aromatic carbocycles. The molecule has 1 aliphatic heterocycles. The van der Waals surface area contributed by atoms with Gasteiger partial charge in [-0.1, -0.05) is 54.1 Å². The molecule has 0 N–H and O–H groups in total. The van der Waals surface area contributed by atoms with Crippen molar-refractivity contribution >= 4 is 34.0 Å². The van der Waals surface area contributed by atoms with E-state index < -0.39 is 0 Å². The lowest BCUT2D eigenvalue weighted by Crippen LogP contribution is -2.36. The molecule has 0 saturated carbocycles. The van der Waals surface area contributed by atoms with Crippen molar-refractivity contribution in [2.24, 2.45) is 0 Å². The number of nitrogens with zero attached hydrogens (tertiary/aromatic N) is 1. The van der Waals surface area contributed by atoms with Gasteiger partial charge in [0.25, 0.3) is 0 Å². The fourth-order valence-corrected chi connectivity index (χ4v) is 4.99. The molecule has 4 aromatic rings. The molecule has 4 nitrogen and oxygen atoms in total. The lowest BCUT2D eigenvalue weighted by atomic mass is 9.80. The largest absolute Gasteiger partial charge is 0.497 e. The molecule has 0 saturated heterocycles. The van der Waals surface area contributed by atoms with Crippen LogP contribution in [0.4, 0.5) is 5.69 Å². The highest BCUT2D eigenvalue weighted by Gasteiger charge is 2.35. The Hall–Kier alpha value is -3.50. The second-order valence-corrected chi connectivity index (χ2v) is 8.63. The van der Waals surface area contributed by atoms with Crippen LogP contribution in [0, 0.1) is 0 Å². The minimum atomic E-state index is -0.153. The standard InChI is InChI=1S/C28H24ClNO3/c1-32-21-11-13-26(33-2)23(15-21)24-16-27(31)30(17-18-6-5-8-20(29)14-18)25-12-10-19-7-3-4-9-22(19)28(24)25/h3-15,24H,16-17H2,1-2H3. The Balaban J connectivity index is 1.71. The summed E-state index contributed by atoms with van der Waals surface area (Å²) in [4.78, 5) is 15.4. The number of hydrogen-bond donors (Lipinski definition) is 0. The van der Waals surface area contributed by atoms with Crippen LogP contribution in [0.2, 0.25) is 5.02 Å². The molecule has 0 bridgehead atoms. The molecule has 0 aliphatic carbocycles. The third-order valence-electron chi connectivity index (χ3n) is 6.31. The molecule has 0 radical (unpaired) electrons. The van der Waals surface area contributed by atoms with Gasteiger partial charge in [-0.3, -0.25) is 4.79 Å². The number of carbonyl (C=O) groups excluding carboxylic acids is 1. The summed E-state index contributed by atoms with van der Waals surface area (Å²) >= 11 is 6.21. The van der Waals surface area contributed by atoms with Crippen LogP contribution in [0.25, 0.3) is 10.8 Å². The molecule has 0 spiro atoms. The summed E-state index contributed by atoms with van der Waals surface area (Å²) < 4.78 is 11.2. The van der Waals surface area contributed by atoms with E-state index in [-0.39, 0.29) is 11.8 Å². The van der Waals surface area contributed by atoms with Gasteiger partial charge in [0.15, 0.2) is 0 Å². The number of rotatable bonds is 5. The number of carbonyl (C=O) groups is 1. The number of methoxy groups -OCH3 is 2. The van der Waals surface area contributed by atoms with Gasteiger partial charge in [0.05, 0.1) is 20.8 Å². The van der Waals surface area contributed by atoms with Gasteiger partial charge < -0.3 is 14.4 Å². The van der Waals surface area contributed by atoms with Gasteiger partial charge in [-0.15, -0.1) is 0 Å². The normalized spacial score (nSPS) is 15.4. The summed E-state index contributed by atoms with van der Waals surface area (Å²) in [7, 11) is 3.30. The summed E-state index contributed by atoms with van der Waals surface area (Å²) in [6, 6.07) is 25.9. The second kappa shape index (κ2) is 8.80. The van der Waals surface area contributed by atoms with E-state index in [1.165, 1.54) is 0 Å². The Bertz CT molecular complexity index is 1350. The Morgan fingerprint density at radius 2 is 1.79 bits per heavy atom. The second-order valence-electron chi connectivity index (χ2n) is 8.19. The fraction of sp³-hybridized carbons (Fsp3) is 0.179. The van der Waals surface area contributed by atoms with Crippen LogP contribution in [0.3, 0.4) is 0 Å². The van der Waals surface area contributed by atoms with Gasteiger partial charge in [-0.25, -0.2) is 0 Å². The van der Waals surface area contributed by atoms with Crippen molar-refractivity contribution in [1.82, 2.24) is 0 Å². The molecular weight excluding hydrogens is 434 g/mol. The third-order valence-corrected chi connectivity index (χ3v) is 6.54. The summed E-state index contributed by atoms with van der Waals surface area (Å²) in [5.41, 5.74) is 3.98.